The second-order valence-electron chi connectivity index (χ2n) is 5.13. The van der Waals surface area contributed by atoms with E-state index in [4.69, 9.17) is 14.2 Å². The van der Waals surface area contributed by atoms with E-state index in [1.807, 2.05) is 30.5 Å². The van der Waals surface area contributed by atoms with Gasteiger partial charge in [-0.3, -0.25) is 4.79 Å². The van der Waals surface area contributed by atoms with E-state index in [9.17, 15) is 9.59 Å². The largest absolute Gasteiger partial charge is 0.493 e. The van der Waals surface area contributed by atoms with Crippen LogP contribution < -0.4 is 14.8 Å². The molecule has 2 aromatic rings. The summed E-state index contributed by atoms with van der Waals surface area (Å²) in [6.07, 6.45) is 1.88. The lowest BCUT2D eigenvalue weighted by atomic mass is 10.2. The molecule has 0 spiro atoms. The molecule has 0 atom stereocenters. The minimum atomic E-state index is -0.518. The maximum atomic E-state index is 12.1. The molecule has 1 N–H and O–H groups in total. The van der Waals surface area contributed by atoms with Crippen LogP contribution in [0.1, 0.15) is 10.4 Å². The summed E-state index contributed by atoms with van der Waals surface area (Å²) in [6.45, 7) is 0.224. The van der Waals surface area contributed by atoms with Gasteiger partial charge >= 0.3 is 5.97 Å². The van der Waals surface area contributed by atoms with Crippen molar-refractivity contribution >= 4 is 23.6 Å². The fourth-order valence-electron chi connectivity index (χ4n) is 2.16. The molecule has 0 bridgehead atoms. The van der Waals surface area contributed by atoms with Gasteiger partial charge in [-0.15, -0.1) is 11.8 Å². The maximum Gasteiger partial charge on any atom is 0.339 e. The van der Waals surface area contributed by atoms with Gasteiger partial charge < -0.3 is 19.5 Å². The minimum Gasteiger partial charge on any atom is -0.493 e. The van der Waals surface area contributed by atoms with Crippen molar-refractivity contribution in [2.24, 2.45) is 0 Å². The number of hydrogen-bond acceptors (Lipinski definition) is 6. The highest BCUT2D eigenvalue weighted by Crippen LogP contribution is 2.25. The summed E-state index contributed by atoms with van der Waals surface area (Å²) in [6, 6.07) is 14.4. The topological polar surface area (TPSA) is 73.9 Å². The molecule has 0 aliphatic rings. The number of para-hydroxylation sites is 2. The van der Waals surface area contributed by atoms with E-state index in [1.54, 1.807) is 31.4 Å². The molecule has 0 aromatic heterocycles. The minimum absolute atomic E-state index is 0.273. The van der Waals surface area contributed by atoms with Crippen LogP contribution in [0.5, 0.6) is 11.5 Å². The molecule has 2 aromatic carbocycles. The molecule has 0 aliphatic heterocycles. The lowest BCUT2D eigenvalue weighted by Gasteiger charge is -2.11. The molecular weight excluding hydrogens is 354 g/mol. The number of amides is 1. The lowest BCUT2D eigenvalue weighted by molar-refractivity contribution is -0.124. The molecule has 7 heteroatoms. The number of rotatable bonds is 9. The van der Waals surface area contributed by atoms with Gasteiger partial charge in [-0.25, -0.2) is 4.79 Å². The number of carbonyl (C=O) groups excluding carboxylic acids is 2. The van der Waals surface area contributed by atoms with Gasteiger partial charge in [-0.05, 0) is 30.5 Å². The molecule has 0 heterocycles. The molecule has 0 saturated carbocycles. The third-order valence-electron chi connectivity index (χ3n) is 3.41. The second-order valence-corrected chi connectivity index (χ2v) is 5.97. The summed E-state index contributed by atoms with van der Waals surface area (Å²) in [7, 11) is 1.56. The van der Waals surface area contributed by atoms with Crippen LogP contribution in [0.3, 0.4) is 0 Å². The van der Waals surface area contributed by atoms with E-state index in [1.165, 1.54) is 11.8 Å². The first-order chi connectivity index (χ1) is 12.7. The van der Waals surface area contributed by atoms with E-state index in [0.717, 1.165) is 4.90 Å². The van der Waals surface area contributed by atoms with Crippen molar-refractivity contribution in [1.82, 2.24) is 5.32 Å². The highest BCUT2D eigenvalue weighted by Gasteiger charge is 2.13. The number of esters is 1. The zero-order valence-corrected chi connectivity index (χ0v) is 15.5. The van der Waals surface area contributed by atoms with Gasteiger partial charge in [0.25, 0.3) is 5.91 Å². The molecule has 1 amide bonds. The number of carbonyl (C=O) groups is 2. The molecular formula is C19H21NO5S. The third-order valence-corrected chi connectivity index (χ3v) is 4.21. The Labute approximate surface area is 156 Å². The van der Waals surface area contributed by atoms with E-state index in [2.05, 4.69) is 5.32 Å². The van der Waals surface area contributed by atoms with Crippen molar-refractivity contribution in [3.05, 3.63) is 54.1 Å². The van der Waals surface area contributed by atoms with Crippen LogP contribution in [0.15, 0.2) is 53.4 Å². The molecule has 0 saturated heterocycles. The van der Waals surface area contributed by atoms with E-state index < -0.39 is 5.97 Å². The van der Waals surface area contributed by atoms with Gasteiger partial charge in [0.2, 0.25) is 0 Å². The molecule has 138 valence electrons. The van der Waals surface area contributed by atoms with Crippen LogP contribution in [-0.4, -0.2) is 45.0 Å². The standard InChI is InChI=1S/C19H21NO5S/c1-23-15-8-4-5-9-16(15)24-12-11-20-18(21)13-25-19(22)14-7-3-6-10-17(14)26-2/h3-10H,11-13H2,1-2H3,(H,20,21). The summed E-state index contributed by atoms with van der Waals surface area (Å²) < 4.78 is 15.8. The van der Waals surface area contributed by atoms with Crippen molar-refractivity contribution in [3.8, 4) is 11.5 Å². The van der Waals surface area contributed by atoms with Crippen molar-refractivity contribution in [1.29, 1.82) is 0 Å². The summed E-state index contributed by atoms with van der Waals surface area (Å²) in [5.41, 5.74) is 0.451. The van der Waals surface area contributed by atoms with Crippen molar-refractivity contribution in [2.75, 3.05) is 33.1 Å². The zero-order valence-electron chi connectivity index (χ0n) is 14.7. The molecule has 0 unspecified atom stereocenters. The Morgan fingerprint density at radius 3 is 2.46 bits per heavy atom. The molecule has 6 nitrogen and oxygen atoms in total. The molecule has 0 fully saturated rings. The SMILES string of the molecule is COc1ccccc1OCCNC(=O)COC(=O)c1ccccc1SC. The predicted octanol–water partition coefficient (Wildman–Crippen LogP) is 2.77. The molecule has 26 heavy (non-hydrogen) atoms. The first-order valence-corrected chi connectivity index (χ1v) is 9.21. The van der Waals surface area contributed by atoms with E-state index in [-0.39, 0.29) is 25.7 Å². The quantitative estimate of drug-likeness (QED) is 0.413. The van der Waals surface area contributed by atoms with Crippen LogP contribution in [0, 0.1) is 0 Å². The van der Waals surface area contributed by atoms with E-state index in [0.29, 0.717) is 17.1 Å². The Morgan fingerprint density at radius 1 is 1.04 bits per heavy atom. The van der Waals surface area contributed by atoms with Crippen LogP contribution >= 0.6 is 11.8 Å². The Kier molecular flexibility index (Phi) is 7.82. The van der Waals surface area contributed by atoms with Gasteiger partial charge in [-0.2, -0.15) is 0 Å². The number of thioether (sulfide) groups is 1. The number of methoxy groups -OCH3 is 1. The Balaban J connectivity index is 1.71. The average Bonchev–Trinajstić information content (AvgIpc) is 2.69. The predicted molar refractivity (Wildman–Crippen MR) is 100 cm³/mol. The zero-order chi connectivity index (χ0) is 18.8. The van der Waals surface area contributed by atoms with Crippen LogP contribution in [-0.2, 0) is 9.53 Å². The van der Waals surface area contributed by atoms with Gasteiger partial charge in [0.15, 0.2) is 18.1 Å². The Hall–Kier alpha value is -2.67. The summed E-state index contributed by atoms with van der Waals surface area (Å²) in [5.74, 6) is 0.323. The third kappa shape index (κ3) is 5.70. The summed E-state index contributed by atoms with van der Waals surface area (Å²) >= 11 is 1.45. The van der Waals surface area contributed by atoms with Crippen molar-refractivity contribution in [3.63, 3.8) is 0 Å². The molecule has 0 radical (unpaired) electrons. The van der Waals surface area contributed by atoms with Crippen LogP contribution in [0.4, 0.5) is 0 Å². The average molecular weight is 375 g/mol. The van der Waals surface area contributed by atoms with Crippen LogP contribution in [0.2, 0.25) is 0 Å². The highest BCUT2D eigenvalue weighted by atomic mass is 32.2. The van der Waals surface area contributed by atoms with E-state index >= 15 is 0 Å². The monoisotopic (exact) mass is 375 g/mol. The van der Waals surface area contributed by atoms with Gasteiger partial charge in [0.05, 0.1) is 19.2 Å². The van der Waals surface area contributed by atoms with Crippen molar-refractivity contribution in [2.45, 2.75) is 4.90 Å². The normalized spacial score (nSPS) is 10.1. The first kappa shape index (κ1) is 19.7. The fourth-order valence-corrected chi connectivity index (χ4v) is 2.75. The fraction of sp³-hybridized carbons (Fsp3) is 0.263. The Bertz CT molecular complexity index is 750. The smallest absolute Gasteiger partial charge is 0.339 e. The van der Waals surface area contributed by atoms with Crippen molar-refractivity contribution < 1.29 is 23.8 Å². The van der Waals surface area contributed by atoms with Crippen LogP contribution in [0.25, 0.3) is 0 Å². The number of nitrogens with one attached hydrogen (secondary N) is 1. The van der Waals surface area contributed by atoms with Gasteiger partial charge in [0, 0.05) is 4.90 Å². The highest BCUT2D eigenvalue weighted by molar-refractivity contribution is 7.98. The number of benzene rings is 2. The van der Waals surface area contributed by atoms with Gasteiger partial charge in [0.1, 0.15) is 6.61 Å². The second kappa shape index (κ2) is 10.4. The molecule has 2 rings (SSSR count). The summed E-state index contributed by atoms with van der Waals surface area (Å²) in [5, 5.41) is 2.64. The first-order valence-electron chi connectivity index (χ1n) is 7.98. The summed E-state index contributed by atoms with van der Waals surface area (Å²) in [4.78, 5) is 24.7. The number of hydrogen-bond donors (Lipinski definition) is 1. The Morgan fingerprint density at radius 2 is 1.73 bits per heavy atom. The number of ether oxygens (including phenoxy) is 3. The lowest BCUT2D eigenvalue weighted by Crippen LogP contribution is -2.32. The van der Waals surface area contributed by atoms with Gasteiger partial charge in [-0.1, -0.05) is 24.3 Å². The molecule has 0 aliphatic carbocycles. The maximum absolute atomic E-state index is 12.1.